The molecule has 0 amide bonds. The summed E-state index contributed by atoms with van der Waals surface area (Å²) in [6.45, 7) is 0. The first-order valence-electron chi connectivity index (χ1n) is 14.1. The van der Waals surface area contributed by atoms with Gasteiger partial charge in [0.2, 0.25) is 0 Å². The molecule has 0 radical (unpaired) electrons. The van der Waals surface area contributed by atoms with Crippen molar-refractivity contribution in [2.45, 2.75) is 11.5 Å². The van der Waals surface area contributed by atoms with Gasteiger partial charge in [0.25, 0.3) is 0 Å². The molecule has 236 valence electrons. The van der Waals surface area contributed by atoms with Crippen LogP contribution in [0.15, 0.2) is 127 Å². The molecule has 6 rings (SSSR count). The van der Waals surface area contributed by atoms with Gasteiger partial charge in [0.05, 0.1) is 22.9 Å². The highest BCUT2D eigenvalue weighted by Crippen LogP contribution is 2.36. The summed E-state index contributed by atoms with van der Waals surface area (Å²) in [7, 11) is -3.94. The summed E-state index contributed by atoms with van der Waals surface area (Å²) in [5.74, 6) is -2.54. The highest BCUT2D eigenvalue weighted by molar-refractivity contribution is 9.13. The van der Waals surface area contributed by atoms with Crippen molar-refractivity contribution in [2.75, 3.05) is 0 Å². The molecule has 0 saturated carbocycles. The molecule has 6 aromatic rings. The summed E-state index contributed by atoms with van der Waals surface area (Å²) in [5.41, 5.74) is 5.45. The van der Waals surface area contributed by atoms with Crippen LogP contribution in [0, 0.1) is 11.6 Å². The van der Waals surface area contributed by atoms with Gasteiger partial charge < -0.3 is 0 Å². The van der Waals surface area contributed by atoms with Crippen LogP contribution in [0.1, 0.15) is 11.1 Å². The lowest BCUT2D eigenvalue weighted by Gasteiger charge is -2.13. The van der Waals surface area contributed by atoms with E-state index in [9.17, 15) is 8.42 Å². The quantitative estimate of drug-likeness (QED) is 0.153. The van der Waals surface area contributed by atoms with Crippen molar-refractivity contribution in [1.82, 2.24) is 9.97 Å². The second kappa shape index (κ2) is 14.2. The molecule has 0 aliphatic heterocycles. The third-order valence-electron chi connectivity index (χ3n) is 7.48. The van der Waals surface area contributed by atoms with Gasteiger partial charge in [0, 0.05) is 63.7 Å². The Kier molecular flexibility index (Phi) is 10.2. The molecule has 0 spiro atoms. The monoisotopic (exact) mass is 900 g/mol. The molecule has 0 N–H and O–H groups in total. The standard InChI is InChI=1S/C36H22Br4F2N2O2S/c37-29-11-9-21(15-31(29)39)27-3-1-13-43-35(27)23-5-7-25(33(41)17-23)19-47(45,46)20-26-8-6-24(18-34(26)42)36-28(4-2-14-44-36)22-10-12-30(38)32(40)16-22/h1-18H,19-20H2. The zero-order valence-electron chi connectivity index (χ0n) is 24.2. The molecule has 47 heavy (non-hydrogen) atoms. The number of nitrogens with zero attached hydrogens (tertiary/aromatic N) is 2. The van der Waals surface area contributed by atoms with Gasteiger partial charge in [-0.2, -0.15) is 0 Å². The van der Waals surface area contributed by atoms with E-state index in [2.05, 4.69) is 73.7 Å². The van der Waals surface area contributed by atoms with Crippen molar-refractivity contribution in [3.63, 3.8) is 0 Å². The maximum absolute atomic E-state index is 15.4. The fourth-order valence-corrected chi connectivity index (χ4v) is 7.98. The molecule has 2 heterocycles. The van der Waals surface area contributed by atoms with Crippen molar-refractivity contribution in [3.05, 3.63) is 150 Å². The fourth-order valence-electron chi connectivity index (χ4n) is 5.21. The largest absolute Gasteiger partial charge is 0.256 e. The van der Waals surface area contributed by atoms with E-state index in [1.54, 1.807) is 36.7 Å². The Morgan fingerprint density at radius 2 is 0.915 bits per heavy atom. The summed E-state index contributed by atoms with van der Waals surface area (Å²) in [4.78, 5) is 8.97. The Morgan fingerprint density at radius 1 is 0.511 bits per heavy atom. The SMILES string of the molecule is O=S(=O)(Cc1ccc(-c2ncccc2-c2ccc(Br)c(Br)c2)cc1F)Cc1ccc(-c2ncccc2-c2ccc(Br)c(Br)c2)cc1F. The molecule has 0 aliphatic carbocycles. The molecule has 0 fully saturated rings. The molecule has 0 unspecified atom stereocenters. The van der Waals surface area contributed by atoms with Crippen LogP contribution >= 0.6 is 63.7 Å². The lowest BCUT2D eigenvalue weighted by Crippen LogP contribution is -2.10. The number of hydrogen-bond acceptors (Lipinski definition) is 4. The Bertz CT molecular complexity index is 2110. The van der Waals surface area contributed by atoms with Crippen molar-refractivity contribution >= 4 is 73.6 Å². The van der Waals surface area contributed by atoms with Crippen molar-refractivity contribution in [1.29, 1.82) is 0 Å². The molecule has 0 saturated heterocycles. The summed E-state index contributed by atoms with van der Waals surface area (Å²) < 4.78 is 60.7. The summed E-state index contributed by atoms with van der Waals surface area (Å²) >= 11 is 14.0. The lowest BCUT2D eigenvalue weighted by atomic mass is 9.98. The number of benzene rings is 4. The Balaban J connectivity index is 1.23. The predicted octanol–water partition coefficient (Wildman–Crippen LogP) is 11.6. The van der Waals surface area contributed by atoms with Gasteiger partial charge in [0.1, 0.15) is 11.6 Å². The smallest absolute Gasteiger partial charge is 0.158 e. The minimum absolute atomic E-state index is 0.00608. The van der Waals surface area contributed by atoms with Crippen molar-refractivity contribution in [2.24, 2.45) is 0 Å². The number of halogens is 6. The first-order chi connectivity index (χ1) is 22.5. The maximum atomic E-state index is 15.4. The molecular formula is C36H22Br4F2N2O2S. The Labute approximate surface area is 304 Å². The first-order valence-corrected chi connectivity index (χ1v) is 19.1. The minimum atomic E-state index is -3.94. The fraction of sp³-hybridized carbons (Fsp3) is 0.0556. The number of sulfone groups is 1. The van der Waals surface area contributed by atoms with Crippen LogP contribution in [0.25, 0.3) is 44.8 Å². The molecular weight excluding hydrogens is 882 g/mol. The first kappa shape index (κ1) is 33.8. The van der Waals surface area contributed by atoms with E-state index in [1.807, 2.05) is 48.5 Å². The average molecular weight is 904 g/mol. The van der Waals surface area contributed by atoms with Gasteiger partial charge in [-0.3, -0.25) is 9.97 Å². The number of rotatable bonds is 8. The van der Waals surface area contributed by atoms with Crippen LogP contribution in [0.5, 0.6) is 0 Å². The topological polar surface area (TPSA) is 59.9 Å². The summed E-state index contributed by atoms with van der Waals surface area (Å²) in [6.07, 6.45) is 3.24. The second-order valence-electron chi connectivity index (χ2n) is 10.7. The number of aromatic nitrogens is 2. The number of pyridine rings is 2. The van der Waals surface area contributed by atoms with E-state index in [1.165, 1.54) is 24.3 Å². The van der Waals surface area contributed by atoms with Gasteiger partial charge in [-0.05, 0) is 123 Å². The summed E-state index contributed by atoms with van der Waals surface area (Å²) in [6, 6.07) is 27.7. The second-order valence-corrected chi connectivity index (χ2v) is 16.2. The molecule has 0 bridgehead atoms. The van der Waals surface area contributed by atoms with Gasteiger partial charge in [-0.25, -0.2) is 17.2 Å². The zero-order chi connectivity index (χ0) is 33.3. The third-order valence-corrected chi connectivity index (χ3v) is 12.7. The molecule has 4 nitrogen and oxygen atoms in total. The van der Waals surface area contributed by atoms with E-state index in [4.69, 9.17) is 0 Å². The van der Waals surface area contributed by atoms with Gasteiger partial charge >= 0.3 is 0 Å². The summed E-state index contributed by atoms with van der Waals surface area (Å²) in [5, 5.41) is 0. The Hall–Kier alpha value is -3.09. The zero-order valence-corrected chi connectivity index (χ0v) is 31.4. The maximum Gasteiger partial charge on any atom is 0.158 e. The van der Waals surface area contributed by atoms with E-state index < -0.39 is 33.0 Å². The van der Waals surface area contributed by atoms with E-state index in [0.717, 1.165) is 40.1 Å². The van der Waals surface area contributed by atoms with Crippen LogP contribution in [0.4, 0.5) is 8.78 Å². The van der Waals surface area contributed by atoms with E-state index >= 15 is 8.78 Å². The molecule has 4 aromatic carbocycles. The number of hydrogen-bond donors (Lipinski definition) is 0. The van der Waals surface area contributed by atoms with E-state index in [-0.39, 0.29) is 11.1 Å². The molecule has 0 aliphatic rings. The molecule has 2 aromatic heterocycles. The van der Waals surface area contributed by atoms with Gasteiger partial charge in [0.15, 0.2) is 9.84 Å². The average Bonchev–Trinajstić information content (AvgIpc) is 3.05. The van der Waals surface area contributed by atoms with Crippen molar-refractivity contribution in [3.8, 4) is 44.8 Å². The Morgan fingerprint density at radius 3 is 1.30 bits per heavy atom. The van der Waals surface area contributed by atoms with Crippen LogP contribution in [0.2, 0.25) is 0 Å². The normalized spacial score (nSPS) is 11.5. The molecule has 11 heteroatoms. The van der Waals surface area contributed by atoms with Gasteiger partial charge in [-0.15, -0.1) is 0 Å². The van der Waals surface area contributed by atoms with Gasteiger partial charge in [-0.1, -0.05) is 48.5 Å². The van der Waals surface area contributed by atoms with Crippen LogP contribution in [-0.2, 0) is 21.3 Å². The van der Waals surface area contributed by atoms with E-state index in [0.29, 0.717) is 22.5 Å². The highest BCUT2D eigenvalue weighted by atomic mass is 79.9. The third kappa shape index (κ3) is 7.65. The van der Waals surface area contributed by atoms with Crippen molar-refractivity contribution < 1.29 is 17.2 Å². The van der Waals surface area contributed by atoms with Crippen LogP contribution in [0.3, 0.4) is 0 Å². The lowest BCUT2D eigenvalue weighted by molar-refractivity contribution is 0.581. The minimum Gasteiger partial charge on any atom is -0.256 e. The van der Waals surface area contributed by atoms with Crippen LogP contribution < -0.4 is 0 Å². The van der Waals surface area contributed by atoms with Crippen LogP contribution in [-0.4, -0.2) is 18.4 Å². The molecule has 0 atom stereocenters. The predicted molar refractivity (Wildman–Crippen MR) is 197 cm³/mol. The highest BCUT2D eigenvalue weighted by Gasteiger charge is 2.21.